The molecular formula is C18H24N4. The molecule has 4 nitrogen and oxygen atoms in total. The Morgan fingerprint density at radius 1 is 1.05 bits per heavy atom. The van der Waals surface area contributed by atoms with E-state index < -0.39 is 0 Å². The summed E-state index contributed by atoms with van der Waals surface area (Å²) in [4.78, 5) is 11.5. The Hall–Kier alpha value is -2.10. The lowest BCUT2D eigenvalue weighted by Gasteiger charge is -2.29. The van der Waals surface area contributed by atoms with Gasteiger partial charge in [0.05, 0.1) is 23.1 Å². The zero-order valence-corrected chi connectivity index (χ0v) is 13.8. The quantitative estimate of drug-likeness (QED) is 0.870. The average molecular weight is 296 g/mol. The van der Waals surface area contributed by atoms with E-state index in [-0.39, 0.29) is 0 Å². The molecule has 2 heterocycles. The van der Waals surface area contributed by atoms with E-state index >= 15 is 0 Å². The Morgan fingerprint density at radius 3 is 2.27 bits per heavy atom. The summed E-state index contributed by atoms with van der Waals surface area (Å²) in [5.74, 6) is 1.45. The van der Waals surface area contributed by atoms with Gasteiger partial charge < -0.3 is 10.6 Å². The molecule has 0 spiro atoms. The van der Waals surface area contributed by atoms with Crippen LogP contribution in [0.2, 0.25) is 0 Å². The fourth-order valence-corrected chi connectivity index (χ4v) is 3.60. The van der Waals surface area contributed by atoms with Gasteiger partial charge in [0.25, 0.3) is 0 Å². The lowest BCUT2D eigenvalue weighted by Crippen LogP contribution is -2.29. The lowest BCUT2D eigenvalue weighted by atomic mass is 9.99. The minimum atomic E-state index is 0.429. The number of nitrogen functional groups attached to an aromatic ring is 1. The molecule has 2 unspecified atom stereocenters. The number of aryl methyl sites for hydroxylation is 2. The smallest absolute Gasteiger partial charge is 0.226 e. The first kappa shape index (κ1) is 14.8. The Bertz CT molecular complexity index is 672. The molecule has 2 atom stereocenters. The molecule has 0 saturated carbocycles. The summed E-state index contributed by atoms with van der Waals surface area (Å²) in [6.45, 7) is 8.93. The molecule has 2 N–H and O–H groups in total. The molecular weight excluding hydrogens is 272 g/mol. The number of hydrogen-bond donors (Lipinski definition) is 1. The third kappa shape index (κ3) is 2.14. The van der Waals surface area contributed by atoms with Gasteiger partial charge in [0.2, 0.25) is 5.95 Å². The fourth-order valence-electron chi connectivity index (χ4n) is 3.60. The Morgan fingerprint density at radius 2 is 1.64 bits per heavy atom. The third-order valence-corrected chi connectivity index (χ3v) is 4.67. The van der Waals surface area contributed by atoms with Crippen molar-refractivity contribution in [3.63, 3.8) is 0 Å². The molecule has 2 aliphatic rings. The van der Waals surface area contributed by atoms with Crippen molar-refractivity contribution in [3.05, 3.63) is 46.8 Å². The normalized spacial score (nSPS) is 21.4. The molecule has 1 aromatic heterocycles. The number of aromatic nitrogens is 2. The van der Waals surface area contributed by atoms with E-state index in [1.165, 1.54) is 17.5 Å². The highest BCUT2D eigenvalue weighted by atomic mass is 15.3. The molecule has 1 aromatic carbocycles. The SMILES string of the molecule is CC.Cc1nc(N2CC3CC2c2ccccc23)nc(C)c1N. The first-order valence-electron chi connectivity index (χ1n) is 8.11. The van der Waals surface area contributed by atoms with Crippen LogP contribution in [0, 0.1) is 13.8 Å². The van der Waals surface area contributed by atoms with Gasteiger partial charge in [0.15, 0.2) is 0 Å². The van der Waals surface area contributed by atoms with Crippen molar-refractivity contribution >= 4 is 11.6 Å². The van der Waals surface area contributed by atoms with Crippen LogP contribution in [0.15, 0.2) is 24.3 Å². The minimum absolute atomic E-state index is 0.429. The Labute approximate surface area is 132 Å². The largest absolute Gasteiger partial charge is 0.396 e. The van der Waals surface area contributed by atoms with Crippen molar-refractivity contribution in [2.24, 2.45) is 0 Å². The number of benzene rings is 1. The summed E-state index contributed by atoms with van der Waals surface area (Å²) in [6.07, 6.45) is 1.19. The van der Waals surface area contributed by atoms with Gasteiger partial charge in [-0.25, -0.2) is 9.97 Å². The maximum atomic E-state index is 5.96. The number of nitrogens with two attached hydrogens (primary N) is 1. The number of fused-ring (bicyclic) bond motifs is 5. The van der Waals surface area contributed by atoms with E-state index in [1.54, 1.807) is 0 Å². The topological polar surface area (TPSA) is 55.0 Å². The maximum Gasteiger partial charge on any atom is 0.226 e. The van der Waals surface area contributed by atoms with Crippen LogP contribution in [0.25, 0.3) is 0 Å². The van der Waals surface area contributed by atoms with E-state index in [4.69, 9.17) is 5.73 Å². The van der Waals surface area contributed by atoms with Crippen LogP contribution in [0.5, 0.6) is 0 Å². The molecule has 1 aliphatic heterocycles. The molecule has 116 valence electrons. The van der Waals surface area contributed by atoms with E-state index in [9.17, 15) is 0 Å². The zero-order valence-electron chi connectivity index (χ0n) is 13.8. The Balaban J connectivity index is 0.000000693. The zero-order chi connectivity index (χ0) is 15.9. The first-order valence-corrected chi connectivity index (χ1v) is 8.11. The van der Waals surface area contributed by atoms with Gasteiger partial charge in [-0.3, -0.25) is 0 Å². The highest BCUT2D eigenvalue weighted by molar-refractivity contribution is 5.55. The van der Waals surface area contributed by atoms with Crippen molar-refractivity contribution in [3.8, 4) is 0 Å². The molecule has 0 amide bonds. The number of rotatable bonds is 1. The molecule has 1 saturated heterocycles. The second-order valence-electron chi connectivity index (χ2n) is 5.84. The van der Waals surface area contributed by atoms with Gasteiger partial charge >= 0.3 is 0 Å². The predicted octanol–water partition coefficient (Wildman–Crippen LogP) is 3.75. The number of nitrogens with zero attached hydrogens (tertiary/aromatic N) is 3. The van der Waals surface area contributed by atoms with E-state index in [2.05, 4.69) is 39.1 Å². The third-order valence-electron chi connectivity index (χ3n) is 4.67. The van der Waals surface area contributed by atoms with Crippen molar-refractivity contribution in [2.75, 3.05) is 17.2 Å². The number of anilines is 2. The van der Waals surface area contributed by atoms with Gasteiger partial charge in [-0.05, 0) is 31.4 Å². The van der Waals surface area contributed by atoms with E-state index in [0.29, 0.717) is 17.6 Å². The summed E-state index contributed by atoms with van der Waals surface area (Å²) in [7, 11) is 0. The molecule has 4 rings (SSSR count). The minimum Gasteiger partial charge on any atom is -0.396 e. The lowest BCUT2D eigenvalue weighted by molar-refractivity contribution is 0.712. The van der Waals surface area contributed by atoms with Crippen molar-refractivity contribution in [2.45, 2.75) is 46.1 Å². The van der Waals surface area contributed by atoms with Crippen molar-refractivity contribution in [1.29, 1.82) is 0 Å². The van der Waals surface area contributed by atoms with Crippen LogP contribution in [0.4, 0.5) is 11.6 Å². The fraction of sp³-hybridized carbons (Fsp3) is 0.444. The maximum absolute atomic E-state index is 5.96. The molecule has 1 aliphatic carbocycles. The second kappa shape index (κ2) is 5.59. The Kier molecular flexibility index (Phi) is 3.77. The number of hydrogen-bond acceptors (Lipinski definition) is 4. The van der Waals surface area contributed by atoms with Crippen LogP contribution in [-0.4, -0.2) is 16.5 Å². The molecule has 2 bridgehead atoms. The standard InChI is InChI=1S/C16H18N4.C2H6/c1-9-15(17)10(2)19-16(18-9)20-8-11-7-14(20)13-6-4-3-5-12(11)13;1-2/h3-6,11,14H,7-8,17H2,1-2H3;1-2H3. The second-order valence-corrected chi connectivity index (χ2v) is 5.84. The summed E-state index contributed by atoms with van der Waals surface area (Å²) in [6, 6.07) is 9.19. The van der Waals surface area contributed by atoms with Crippen LogP contribution >= 0.6 is 0 Å². The molecule has 1 fully saturated rings. The predicted molar refractivity (Wildman–Crippen MR) is 91.2 cm³/mol. The van der Waals surface area contributed by atoms with Crippen LogP contribution in [0.3, 0.4) is 0 Å². The van der Waals surface area contributed by atoms with Crippen molar-refractivity contribution in [1.82, 2.24) is 9.97 Å². The average Bonchev–Trinajstić information content (AvgIpc) is 3.14. The molecule has 22 heavy (non-hydrogen) atoms. The van der Waals surface area contributed by atoms with E-state index in [1.807, 2.05) is 27.7 Å². The van der Waals surface area contributed by atoms with Gasteiger partial charge in [-0.1, -0.05) is 38.1 Å². The van der Waals surface area contributed by atoms with Crippen molar-refractivity contribution < 1.29 is 0 Å². The van der Waals surface area contributed by atoms with Crippen LogP contribution in [0.1, 0.15) is 54.7 Å². The summed E-state index contributed by atoms with van der Waals surface area (Å²) < 4.78 is 0. The highest BCUT2D eigenvalue weighted by Gasteiger charge is 2.43. The van der Waals surface area contributed by atoms with E-state index in [0.717, 1.165) is 23.9 Å². The van der Waals surface area contributed by atoms with Gasteiger partial charge in [0, 0.05) is 12.5 Å². The first-order chi connectivity index (χ1) is 10.6. The monoisotopic (exact) mass is 296 g/mol. The summed E-state index contributed by atoms with van der Waals surface area (Å²) in [5.41, 5.74) is 11.4. The molecule has 2 aromatic rings. The van der Waals surface area contributed by atoms with Gasteiger partial charge in [-0.15, -0.1) is 0 Å². The highest BCUT2D eigenvalue weighted by Crippen LogP contribution is 2.50. The van der Waals surface area contributed by atoms with Gasteiger partial charge in [0.1, 0.15) is 0 Å². The van der Waals surface area contributed by atoms with Gasteiger partial charge in [-0.2, -0.15) is 0 Å². The summed E-state index contributed by atoms with van der Waals surface area (Å²) >= 11 is 0. The van der Waals surface area contributed by atoms with Crippen LogP contribution < -0.4 is 10.6 Å². The molecule has 4 heteroatoms. The van der Waals surface area contributed by atoms with Crippen LogP contribution in [-0.2, 0) is 0 Å². The summed E-state index contributed by atoms with van der Waals surface area (Å²) in [5, 5.41) is 0. The molecule has 0 radical (unpaired) electrons.